The van der Waals surface area contributed by atoms with Gasteiger partial charge < -0.3 is 9.47 Å². The number of ether oxygens (including phenoxy) is 2. The van der Waals surface area contributed by atoms with Crippen LogP contribution in [0.3, 0.4) is 0 Å². The number of nitrogens with zero attached hydrogens (tertiary/aromatic N) is 2. The van der Waals surface area contributed by atoms with Gasteiger partial charge in [0, 0.05) is 31.7 Å². The molecule has 3 rings (SSSR count). The van der Waals surface area contributed by atoms with E-state index in [1.165, 1.54) is 0 Å². The first-order chi connectivity index (χ1) is 12.1. The second-order valence-corrected chi connectivity index (χ2v) is 5.95. The lowest BCUT2D eigenvalue weighted by atomic mass is 10.1. The largest absolute Gasteiger partial charge is 0.453 e. The molecule has 0 aliphatic carbocycles. The van der Waals surface area contributed by atoms with Gasteiger partial charge in [-0.05, 0) is 18.2 Å². The van der Waals surface area contributed by atoms with Crippen LogP contribution in [0.1, 0.15) is 25.0 Å². The summed E-state index contributed by atoms with van der Waals surface area (Å²) in [7, 11) is 0. The molecule has 0 spiro atoms. The van der Waals surface area contributed by atoms with Gasteiger partial charge in [0.1, 0.15) is 17.6 Å². The molecule has 0 saturated carbocycles. The van der Waals surface area contributed by atoms with Gasteiger partial charge in [0.05, 0.1) is 11.3 Å². The van der Waals surface area contributed by atoms with E-state index in [-0.39, 0.29) is 0 Å². The molecule has 124 valence electrons. The lowest BCUT2D eigenvalue weighted by molar-refractivity contribution is -0.149. The third kappa shape index (κ3) is 4.15. The number of aliphatic imine (C=N–C) groups is 1. The third-order valence-corrected chi connectivity index (χ3v) is 3.53. The summed E-state index contributed by atoms with van der Waals surface area (Å²) < 4.78 is 11.7. The van der Waals surface area contributed by atoms with Crippen LogP contribution in [0.2, 0.25) is 0 Å². The van der Waals surface area contributed by atoms with E-state index in [4.69, 9.17) is 14.7 Å². The first-order valence-electron chi connectivity index (χ1n) is 7.96. The van der Waals surface area contributed by atoms with E-state index in [0.717, 1.165) is 11.3 Å². The topological polar surface area (TPSA) is 54.6 Å². The first-order valence-corrected chi connectivity index (χ1v) is 7.96. The summed E-state index contributed by atoms with van der Waals surface area (Å²) in [5, 5.41) is 9.11. The SMILES string of the molecule is CC1(C)OC(c2ccccc2)=C/C(=C\C=Nc2ccccc2C#N)O1. The van der Waals surface area contributed by atoms with Crippen molar-refractivity contribution >= 4 is 17.7 Å². The van der Waals surface area contributed by atoms with Gasteiger partial charge in [0.2, 0.25) is 5.79 Å². The van der Waals surface area contributed by atoms with Crippen molar-refractivity contribution in [3.63, 3.8) is 0 Å². The molecule has 1 aliphatic rings. The van der Waals surface area contributed by atoms with E-state index in [2.05, 4.69) is 11.1 Å². The maximum atomic E-state index is 9.11. The van der Waals surface area contributed by atoms with Gasteiger partial charge in [-0.2, -0.15) is 5.26 Å². The highest BCUT2D eigenvalue weighted by Gasteiger charge is 2.28. The van der Waals surface area contributed by atoms with E-state index in [1.807, 2.05) is 62.4 Å². The minimum atomic E-state index is -0.774. The molecule has 1 heterocycles. The molecular formula is C21H18N2O2. The molecule has 0 N–H and O–H groups in total. The molecule has 2 aromatic carbocycles. The third-order valence-electron chi connectivity index (χ3n) is 3.53. The monoisotopic (exact) mass is 330 g/mol. The van der Waals surface area contributed by atoms with Crippen LogP contribution in [0.4, 0.5) is 5.69 Å². The molecule has 1 aliphatic heterocycles. The lowest BCUT2D eigenvalue weighted by Gasteiger charge is -2.33. The Labute approximate surface area is 147 Å². The minimum Gasteiger partial charge on any atom is -0.453 e. The van der Waals surface area contributed by atoms with Crippen molar-refractivity contribution < 1.29 is 9.47 Å². The number of allylic oxidation sites excluding steroid dienone is 2. The standard InChI is InChI=1S/C21H18N2O2/c1-21(2)24-18(14-20(25-21)16-8-4-3-5-9-16)12-13-23-19-11-7-6-10-17(19)15-22/h3-14H,1-2H3/b18-12+,23-13?. The molecule has 4 nitrogen and oxygen atoms in total. The van der Waals surface area contributed by atoms with Crippen LogP contribution in [0, 0.1) is 11.3 Å². The highest BCUT2D eigenvalue weighted by molar-refractivity contribution is 5.78. The molecule has 0 bridgehead atoms. The Morgan fingerprint density at radius 3 is 2.48 bits per heavy atom. The van der Waals surface area contributed by atoms with Crippen molar-refractivity contribution in [3.8, 4) is 6.07 Å². The molecule has 0 amide bonds. The smallest absolute Gasteiger partial charge is 0.245 e. The fourth-order valence-corrected chi connectivity index (χ4v) is 2.46. The number of nitriles is 1. The molecule has 25 heavy (non-hydrogen) atoms. The van der Waals surface area contributed by atoms with E-state index >= 15 is 0 Å². The molecule has 0 aromatic heterocycles. The lowest BCUT2D eigenvalue weighted by Crippen LogP contribution is -2.30. The van der Waals surface area contributed by atoms with E-state index in [0.29, 0.717) is 17.0 Å². The van der Waals surface area contributed by atoms with Gasteiger partial charge in [-0.25, -0.2) is 0 Å². The fraction of sp³-hybridized carbons (Fsp3) is 0.143. The zero-order valence-corrected chi connectivity index (χ0v) is 14.1. The second-order valence-electron chi connectivity index (χ2n) is 5.95. The maximum Gasteiger partial charge on any atom is 0.245 e. The van der Waals surface area contributed by atoms with Crippen LogP contribution in [-0.2, 0) is 9.47 Å². The summed E-state index contributed by atoms with van der Waals surface area (Å²) in [5.74, 6) is 0.617. The zero-order valence-electron chi connectivity index (χ0n) is 14.1. The van der Waals surface area contributed by atoms with Gasteiger partial charge in [-0.15, -0.1) is 0 Å². The number of hydrogen-bond acceptors (Lipinski definition) is 4. The molecule has 0 atom stereocenters. The predicted octanol–water partition coefficient (Wildman–Crippen LogP) is 4.97. The molecule has 0 unspecified atom stereocenters. The Hall–Kier alpha value is -3.32. The summed E-state index contributed by atoms with van der Waals surface area (Å²) in [4.78, 5) is 4.34. The molecular weight excluding hydrogens is 312 g/mol. The molecule has 0 radical (unpaired) electrons. The maximum absolute atomic E-state index is 9.11. The Kier molecular flexibility index (Phi) is 4.67. The van der Waals surface area contributed by atoms with Crippen molar-refractivity contribution in [2.45, 2.75) is 19.6 Å². The number of hydrogen-bond donors (Lipinski definition) is 0. The number of para-hydroxylation sites is 1. The van der Waals surface area contributed by atoms with Crippen LogP contribution < -0.4 is 0 Å². The Morgan fingerprint density at radius 2 is 1.72 bits per heavy atom. The van der Waals surface area contributed by atoms with Crippen molar-refractivity contribution in [1.29, 1.82) is 5.26 Å². The minimum absolute atomic E-state index is 0.533. The molecule has 2 aromatic rings. The van der Waals surface area contributed by atoms with Crippen LogP contribution in [0.5, 0.6) is 0 Å². The van der Waals surface area contributed by atoms with Gasteiger partial charge in [-0.3, -0.25) is 4.99 Å². The Balaban J connectivity index is 1.88. The van der Waals surface area contributed by atoms with Gasteiger partial charge >= 0.3 is 0 Å². The highest BCUT2D eigenvalue weighted by Crippen LogP contribution is 2.32. The summed E-state index contributed by atoms with van der Waals surface area (Å²) >= 11 is 0. The molecule has 0 saturated heterocycles. The fourth-order valence-electron chi connectivity index (χ4n) is 2.46. The number of rotatable bonds is 3. The van der Waals surface area contributed by atoms with E-state index < -0.39 is 5.79 Å². The summed E-state index contributed by atoms with van der Waals surface area (Å²) in [6, 6.07) is 19.2. The van der Waals surface area contributed by atoms with E-state index in [9.17, 15) is 0 Å². The Morgan fingerprint density at radius 1 is 1.00 bits per heavy atom. The van der Waals surface area contributed by atoms with Crippen LogP contribution in [0.15, 0.2) is 77.5 Å². The van der Waals surface area contributed by atoms with Gasteiger partial charge in [-0.1, -0.05) is 42.5 Å². The van der Waals surface area contributed by atoms with Crippen LogP contribution >= 0.6 is 0 Å². The average molecular weight is 330 g/mol. The van der Waals surface area contributed by atoms with E-state index in [1.54, 1.807) is 24.4 Å². The Bertz CT molecular complexity index is 888. The van der Waals surface area contributed by atoms with Crippen molar-refractivity contribution in [3.05, 3.63) is 83.6 Å². The van der Waals surface area contributed by atoms with Gasteiger partial charge in [0.25, 0.3) is 0 Å². The molecule has 4 heteroatoms. The van der Waals surface area contributed by atoms with Crippen molar-refractivity contribution in [1.82, 2.24) is 0 Å². The van der Waals surface area contributed by atoms with Crippen molar-refractivity contribution in [2.24, 2.45) is 4.99 Å². The number of benzene rings is 2. The summed E-state index contributed by atoms with van der Waals surface area (Å²) in [6.07, 6.45) is 5.23. The zero-order chi connectivity index (χ0) is 17.7. The van der Waals surface area contributed by atoms with Crippen LogP contribution in [-0.4, -0.2) is 12.0 Å². The molecule has 0 fully saturated rings. The highest BCUT2D eigenvalue weighted by atomic mass is 16.7. The van der Waals surface area contributed by atoms with Gasteiger partial charge in [0.15, 0.2) is 0 Å². The summed E-state index contributed by atoms with van der Waals surface area (Å²) in [6.45, 7) is 3.72. The summed E-state index contributed by atoms with van der Waals surface area (Å²) in [5.41, 5.74) is 2.14. The first kappa shape index (κ1) is 16.5. The normalized spacial score (nSPS) is 17.5. The predicted molar refractivity (Wildman–Crippen MR) is 98.1 cm³/mol. The second kappa shape index (κ2) is 7.06. The van der Waals surface area contributed by atoms with Crippen molar-refractivity contribution in [2.75, 3.05) is 0 Å². The van der Waals surface area contributed by atoms with Crippen LogP contribution in [0.25, 0.3) is 5.76 Å². The average Bonchev–Trinajstić information content (AvgIpc) is 2.61. The quantitative estimate of drug-likeness (QED) is 0.747.